The summed E-state index contributed by atoms with van der Waals surface area (Å²) in [5.41, 5.74) is 7.67. The average Bonchev–Trinajstić information content (AvgIpc) is 2.57. The van der Waals surface area contributed by atoms with Gasteiger partial charge in [-0.25, -0.2) is 4.68 Å². The topological polar surface area (TPSA) is 65.1 Å². The summed E-state index contributed by atoms with van der Waals surface area (Å²) in [4.78, 5) is 0. The molecule has 0 spiro atoms. The van der Waals surface area contributed by atoms with Crippen molar-refractivity contribution in [3.8, 4) is 0 Å². The van der Waals surface area contributed by atoms with Crippen LogP contribution in [0.4, 0.5) is 11.5 Å². The van der Waals surface area contributed by atoms with Crippen molar-refractivity contribution in [2.45, 2.75) is 45.7 Å². The molecule has 1 aliphatic rings. The number of nitrogens with zero attached hydrogens (tertiary/aromatic N) is 2. The summed E-state index contributed by atoms with van der Waals surface area (Å²) in [5, 5.41) is 7.93. The van der Waals surface area contributed by atoms with Gasteiger partial charge in [-0.15, -0.1) is 0 Å². The number of rotatable bonds is 3. The van der Waals surface area contributed by atoms with Crippen molar-refractivity contribution in [2.24, 2.45) is 0 Å². The summed E-state index contributed by atoms with van der Waals surface area (Å²) in [6.07, 6.45) is 2.18. The zero-order chi connectivity index (χ0) is 12.5. The minimum Gasteiger partial charge on any atom is -0.394 e. The quantitative estimate of drug-likeness (QED) is 0.842. The van der Waals surface area contributed by atoms with Crippen molar-refractivity contribution in [3.05, 3.63) is 5.69 Å². The minimum atomic E-state index is -0.0359. The third-order valence-corrected chi connectivity index (χ3v) is 3.33. The van der Waals surface area contributed by atoms with E-state index in [1.165, 1.54) is 0 Å². The Labute approximate surface area is 102 Å². The molecule has 1 unspecified atom stereocenters. The molecular formula is C12H22N4O. The minimum absolute atomic E-state index is 0.0359. The summed E-state index contributed by atoms with van der Waals surface area (Å²) in [5.74, 6) is 0.929. The highest BCUT2D eigenvalue weighted by Crippen LogP contribution is 2.29. The highest BCUT2D eigenvalue weighted by atomic mass is 16.5. The van der Waals surface area contributed by atoms with Crippen LogP contribution in [-0.4, -0.2) is 28.5 Å². The second kappa shape index (κ2) is 4.56. The number of aromatic nitrogens is 2. The molecule has 2 heterocycles. The number of hydrogen-bond donors (Lipinski definition) is 2. The molecule has 1 aromatic heterocycles. The van der Waals surface area contributed by atoms with Gasteiger partial charge >= 0.3 is 0 Å². The molecule has 96 valence electrons. The van der Waals surface area contributed by atoms with Gasteiger partial charge in [-0.05, 0) is 33.6 Å². The van der Waals surface area contributed by atoms with Crippen LogP contribution in [0.2, 0.25) is 0 Å². The third-order valence-electron chi connectivity index (χ3n) is 3.33. The standard InChI is InChI=1S/C12H22N4O/c1-4-16-11(10(13)9(2)15-16)14-12(3)6-5-7-17-8-12/h14H,4-8,13H2,1-3H3. The van der Waals surface area contributed by atoms with Crippen molar-refractivity contribution < 1.29 is 4.74 Å². The fourth-order valence-electron chi connectivity index (χ4n) is 2.27. The van der Waals surface area contributed by atoms with Crippen LogP contribution in [0.5, 0.6) is 0 Å². The van der Waals surface area contributed by atoms with E-state index in [9.17, 15) is 0 Å². The van der Waals surface area contributed by atoms with E-state index in [1.807, 2.05) is 11.6 Å². The van der Waals surface area contributed by atoms with Gasteiger partial charge in [0.1, 0.15) is 5.82 Å². The predicted octanol–water partition coefficient (Wildman–Crippen LogP) is 1.77. The Morgan fingerprint density at radius 2 is 2.35 bits per heavy atom. The number of ether oxygens (including phenoxy) is 1. The predicted molar refractivity (Wildman–Crippen MR) is 69.1 cm³/mol. The van der Waals surface area contributed by atoms with E-state index in [1.54, 1.807) is 0 Å². The molecule has 0 saturated carbocycles. The van der Waals surface area contributed by atoms with E-state index in [4.69, 9.17) is 10.5 Å². The Hall–Kier alpha value is -1.23. The number of hydrogen-bond acceptors (Lipinski definition) is 4. The molecule has 0 aliphatic carbocycles. The maximum atomic E-state index is 6.07. The molecule has 1 atom stereocenters. The van der Waals surface area contributed by atoms with Gasteiger partial charge in [-0.3, -0.25) is 0 Å². The Morgan fingerprint density at radius 1 is 1.59 bits per heavy atom. The van der Waals surface area contributed by atoms with E-state index in [0.29, 0.717) is 0 Å². The summed E-state index contributed by atoms with van der Waals surface area (Å²) in [6, 6.07) is 0. The normalized spacial score (nSPS) is 24.9. The largest absolute Gasteiger partial charge is 0.394 e. The molecule has 1 aromatic rings. The van der Waals surface area contributed by atoms with E-state index < -0.39 is 0 Å². The lowest BCUT2D eigenvalue weighted by Gasteiger charge is -2.35. The Morgan fingerprint density at radius 3 is 2.94 bits per heavy atom. The van der Waals surface area contributed by atoms with Gasteiger partial charge < -0.3 is 15.8 Å². The van der Waals surface area contributed by atoms with E-state index in [0.717, 1.165) is 49.8 Å². The van der Waals surface area contributed by atoms with Gasteiger partial charge in [0.05, 0.1) is 23.5 Å². The molecular weight excluding hydrogens is 216 g/mol. The first-order valence-electron chi connectivity index (χ1n) is 6.24. The smallest absolute Gasteiger partial charge is 0.148 e. The van der Waals surface area contributed by atoms with E-state index in [2.05, 4.69) is 24.3 Å². The average molecular weight is 238 g/mol. The fourth-order valence-corrected chi connectivity index (χ4v) is 2.27. The zero-order valence-electron chi connectivity index (χ0n) is 10.9. The van der Waals surface area contributed by atoms with Crippen molar-refractivity contribution in [1.29, 1.82) is 0 Å². The molecule has 1 saturated heterocycles. The van der Waals surface area contributed by atoms with Crippen molar-refractivity contribution in [3.63, 3.8) is 0 Å². The first-order chi connectivity index (χ1) is 8.06. The molecule has 0 amide bonds. The van der Waals surface area contributed by atoms with Gasteiger partial charge in [-0.2, -0.15) is 5.10 Å². The maximum absolute atomic E-state index is 6.07. The number of anilines is 2. The monoisotopic (exact) mass is 238 g/mol. The fraction of sp³-hybridized carbons (Fsp3) is 0.750. The summed E-state index contributed by atoms with van der Waals surface area (Å²) >= 11 is 0. The molecule has 0 radical (unpaired) electrons. The third kappa shape index (κ3) is 2.39. The van der Waals surface area contributed by atoms with Gasteiger partial charge in [0.2, 0.25) is 0 Å². The van der Waals surface area contributed by atoms with Crippen molar-refractivity contribution in [2.75, 3.05) is 24.3 Å². The Kier molecular flexibility index (Phi) is 3.28. The van der Waals surface area contributed by atoms with Gasteiger partial charge in [0.15, 0.2) is 0 Å². The molecule has 17 heavy (non-hydrogen) atoms. The zero-order valence-corrected chi connectivity index (χ0v) is 10.9. The van der Waals surface area contributed by atoms with Crippen LogP contribution in [0.1, 0.15) is 32.4 Å². The molecule has 2 rings (SSSR count). The first kappa shape index (κ1) is 12.2. The molecule has 3 N–H and O–H groups in total. The van der Waals surface area contributed by atoms with Crippen molar-refractivity contribution >= 4 is 11.5 Å². The van der Waals surface area contributed by atoms with E-state index >= 15 is 0 Å². The maximum Gasteiger partial charge on any atom is 0.148 e. The lowest BCUT2D eigenvalue weighted by atomic mass is 9.95. The summed E-state index contributed by atoms with van der Waals surface area (Å²) in [7, 11) is 0. The number of aryl methyl sites for hydroxylation is 2. The highest BCUT2D eigenvalue weighted by Gasteiger charge is 2.29. The lowest BCUT2D eigenvalue weighted by molar-refractivity contribution is 0.0537. The molecule has 1 aliphatic heterocycles. The number of nitrogen functional groups attached to an aromatic ring is 1. The molecule has 1 fully saturated rings. The molecule has 5 heteroatoms. The van der Waals surface area contributed by atoms with Crippen molar-refractivity contribution in [1.82, 2.24) is 9.78 Å². The number of nitrogens with one attached hydrogen (secondary N) is 1. The van der Waals surface area contributed by atoms with Crippen LogP contribution in [0.3, 0.4) is 0 Å². The second-order valence-electron chi connectivity index (χ2n) is 5.01. The molecule has 0 bridgehead atoms. The van der Waals surface area contributed by atoms with Crippen LogP contribution >= 0.6 is 0 Å². The lowest BCUT2D eigenvalue weighted by Crippen LogP contribution is -2.43. The highest BCUT2D eigenvalue weighted by molar-refractivity contribution is 5.65. The van der Waals surface area contributed by atoms with Gasteiger partial charge in [0.25, 0.3) is 0 Å². The van der Waals surface area contributed by atoms with Crippen LogP contribution in [0.25, 0.3) is 0 Å². The van der Waals surface area contributed by atoms with E-state index in [-0.39, 0.29) is 5.54 Å². The van der Waals surface area contributed by atoms with Crippen LogP contribution in [0, 0.1) is 6.92 Å². The SMILES string of the molecule is CCn1nc(C)c(N)c1NC1(C)CCCOC1. The number of nitrogens with two attached hydrogens (primary N) is 1. The molecule has 0 aromatic carbocycles. The van der Waals surface area contributed by atoms with Crippen LogP contribution < -0.4 is 11.1 Å². The summed E-state index contributed by atoms with van der Waals surface area (Å²) in [6.45, 7) is 8.58. The summed E-state index contributed by atoms with van der Waals surface area (Å²) < 4.78 is 7.47. The second-order valence-corrected chi connectivity index (χ2v) is 5.01. The Balaban J connectivity index is 2.22. The van der Waals surface area contributed by atoms with Crippen LogP contribution in [-0.2, 0) is 11.3 Å². The first-order valence-corrected chi connectivity index (χ1v) is 6.24. The molecule has 5 nitrogen and oxygen atoms in total. The van der Waals surface area contributed by atoms with Crippen LogP contribution in [0.15, 0.2) is 0 Å². The Bertz CT molecular complexity index is 393. The van der Waals surface area contributed by atoms with Gasteiger partial charge in [-0.1, -0.05) is 0 Å². The van der Waals surface area contributed by atoms with Gasteiger partial charge in [0, 0.05) is 13.2 Å².